The maximum Gasteiger partial charge on any atom is 0.277 e. The second-order valence-corrected chi connectivity index (χ2v) is 13.2. The third-order valence-electron chi connectivity index (χ3n) is 7.27. The van der Waals surface area contributed by atoms with Crippen molar-refractivity contribution in [3.63, 3.8) is 0 Å². The molecule has 0 bridgehead atoms. The molecular formula is C29H28ClN7O4S2. The first-order valence-electron chi connectivity index (χ1n) is 13.5. The third-order valence-corrected chi connectivity index (χ3v) is 10.2. The van der Waals surface area contributed by atoms with E-state index < -0.39 is 10.0 Å². The van der Waals surface area contributed by atoms with Crippen molar-refractivity contribution in [1.82, 2.24) is 28.7 Å². The zero-order valence-electron chi connectivity index (χ0n) is 23.3. The molecule has 5 aromatic rings. The number of nitrogens with zero attached hydrogens (tertiary/aromatic N) is 6. The molecule has 14 heteroatoms. The fourth-order valence-corrected chi connectivity index (χ4v) is 7.44. The van der Waals surface area contributed by atoms with Crippen LogP contribution < -0.4 is 5.32 Å². The van der Waals surface area contributed by atoms with Gasteiger partial charge in [0.05, 0.1) is 23.4 Å². The second-order valence-electron chi connectivity index (χ2n) is 10.00. The molecule has 1 fully saturated rings. The summed E-state index contributed by atoms with van der Waals surface area (Å²) >= 11 is 7.45. The van der Waals surface area contributed by atoms with Gasteiger partial charge in [0, 0.05) is 60.1 Å². The van der Waals surface area contributed by atoms with Crippen LogP contribution in [0.25, 0.3) is 27.6 Å². The molecule has 0 radical (unpaired) electrons. The number of hydrogen-bond acceptors (Lipinski definition) is 9. The number of sulfonamides is 1. The third kappa shape index (κ3) is 5.86. The summed E-state index contributed by atoms with van der Waals surface area (Å²) in [6.07, 6.45) is 5.05. The van der Waals surface area contributed by atoms with Crippen LogP contribution in [0.2, 0.25) is 5.02 Å². The predicted octanol–water partition coefficient (Wildman–Crippen LogP) is 5.07. The SMILES string of the molecule is CON(C)C(=O)c1cccc(-c2nc3sccn3c2-c2ccnc(NC3CCCN(S(=O)(=O)c4ccc(Cl)cc4)C3)n2)c1. The summed E-state index contributed by atoms with van der Waals surface area (Å²) in [5, 5.41) is 6.94. The zero-order chi connectivity index (χ0) is 30.1. The Morgan fingerprint density at radius 1 is 1.16 bits per heavy atom. The van der Waals surface area contributed by atoms with E-state index in [1.165, 1.54) is 39.9 Å². The van der Waals surface area contributed by atoms with Gasteiger partial charge in [0.2, 0.25) is 16.0 Å². The molecule has 222 valence electrons. The van der Waals surface area contributed by atoms with Gasteiger partial charge in [-0.2, -0.15) is 4.31 Å². The minimum atomic E-state index is -3.67. The Kier molecular flexibility index (Phi) is 8.16. The van der Waals surface area contributed by atoms with Crippen molar-refractivity contribution in [2.24, 2.45) is 0 Å². The van der Waals surface area contributed by atoms with Crippen LogP contribution >= 0.6 is 22.9 Å². The molecule has 1 atom stereocenters. The number of imidazole rings is 1. The molecule has 3 aromatic heterocycles. The van der Waals surface area contributed by atoms with Crippen LogP contribution in [0.15, 0.2) is 77.3 Å². The lowest BCUT2D eigenvalue weighted by atomic mass is 10.0. The van der Waals surface area contributed by atoms with Crippen molar-refractivity contribution < 1.29 is 18.0 Å². The normalized spacial score (nSPS) is 15.9. The fourth-order valence-electron chi connectivity index (χ4n) is 5.07. The molecule has 1 aliphatic rings. The number of nitrogens with one attached hydrogen (secondary N) is 1. The van der Waals surface area contributed by atoms with Crippen LogP contribution in [-0.4, -0.2) is 76.3 Å². The van der Waals surface area contributed by atoms with Crippen molar-refractivity contribution in [3.8, 4) is 22.6 Å². The number of anilines is 1. The molecule has 0 saturated carbocycles. The zero-order valence-corrected chi connectivity index (χ0v) is 25.7. The highest BCUT2D eigenvalue weighted by Gasteiger charge is 2.31. The highest BCUT2D eigenvalue weighted by atomic mass is 35.5. The molecule has 11 nitrogen and oxygen atoms in total. The molecule has 2 aromatic carbocycles. The van der Waals surface area contributed by atoms with Gasteiger partial charge in [-0.3, -0.25) is 14.0 Å². The number of benzene rings is 2. The number of fused-ring (bicyclic) bond motifs is 1. The molecule has 1 aliphatic heterocycles. The lowest BCUT2D eigenvalue weighted by Crippen LogP contribution is -2.45. The number of hydroxylamine groups is 2. The van der Waals surface area contributed by atoms with Crippen LogP contribution in [-0.2, 0) is 14.9 Å². The molecule has 0 spiro atoms. The molecule has 1 amide bonds. The number of carbonyl (C=O) groups excluding carboxylic acids is 1. The van der Waals surface area contributed by atoms with E-state index in [1.54, 1.807) is 37.5 Å². The summed E-state index contributed by atoms with van der Waals surface area (Å²) in [5.74, 6) is 0.107. The van der Waals surface area contributed by atoms with Crippen molar-refractivity contribution >= 4 is 49.8 Å². The van der Waals surface area contributed by atoms with E-state index in [0.717, 1.165) is 22.6 Å². The van der Waals surface area contributed by atoms with Gasteiger partial charge in [0.1, 0.15) is 5.69 Å². The van der Waals surface area contributed by atoms with E-state index >= 15 is 0 Å². The number of hydrogen-bond donors (Lipinski definition) is 1. The van der Waals surface area contributed by atoms with Crippen LogP contribution in [0.5, 0.6) is 0 Å². The minimum absolute atomic E-state index is 0.183. The van der Waals surface area contributed by atoms with Crippen LogP contribution in [0.1, 0.15) is 23.2 Å². The van der Waals surface area contributed by atoms with Gasteiger partial charge >= 0.3 is 0 Å². The Balaban J connectivity index is 1.28. The van der Waals surface area contributed by atoms with Gasteiger partial charge < -0.3 is 5.32 Å². The van der Waals surface area contributed by atoms with Gasteiger partial charge in [-0.1, -0.05) is 23.7 Å². The highest BCUT2D eigenvalue weighted by Crippen LogP contribution is 2.34. The van der Waals surface area contributed by atoms with E-state index in [9.17, 15) is 13.2 Å². The van der Waals surface area contributed by atoms with Gasteiger partial charge in [-0.25, -0.2) is 28.4 Å². The van der Waals surface area contributed by atoms with Gasteiger partial charge in [-0.05, 0) is 55.3 Å². The lowest BCUT2D eigenvalue weighted by Gasteiger charge is -2.32. The Labute approximate surface area is 257 Å². The molecule has 6 rings (SSSR count). The molecular weight excluding hydrogens is 610 g/mol. The van der Waals surface area contributed by atoms with E-state index in [-0.39, 0.29) is 23.4 Å². The number of amides is 1. The largest absolute Gasteiger partial charge is 0.350 e. The topological polar surface area (TPSA) is 122 Å². The Hall–Kier alpha value is -3.88. The summed E-state index contributed by atoms with van der Waals surface area (Å²) in [6.45, 7) is 0.711. The highest BCUT2D eigenvalue weighted by molar-refractivity contribution is 7.89. The van der Waals surface area contributed by atoms with E-state index in [1.807, 2.05) is 34.2 Å². The molecule has 4 heterocycles. The average molecular weight is 638 g/mol. The molecule has 1 N–H and O–H groups in total. The van der Waals surface area contributed by atoms with Gasteiger partial charge in [0.25, 0.3) is 5.91 Å². The van der Waals surface area contributed by atoms with Crippen LogP contribution in [0.4, 0.5) is 5.95 Å². The Bertz CT molecular complexity index is 1890. The van der Waals surface area contributed by atoms with Gasteiger partial charge in [0.15, 0.2) is 4.96 Å². The molecule has 1 unspecified atom stereocenters. The molecule has 0 aliphatic carbocycles. The smallest absolute Gasteiger partial charge is 0.277 e. The molecule has 1 saturated heterocycles. The first-order chi connectivity index (χ1) is 20.7. The first-order valence-corrected chi connectivity index (χ1v) is 16.2. The number of thiazole rings is 1. The van der Waals surface area contributed by atoms with Crippen LogP contribution in [0, 0.1) is 0 Å². The summed E-state index contributed by atoms with van der Waals surface area (Å²) in [7, 11) is -0.675. The maximum atomic E-state index is 13.3. The fraction of sp³-hybridized carbons (Fsp3) is 0.241. The summed E-state index contributed by atoms with van der Waals surface area (Å²) in [5.41, 5.74) is 3.27. The van der Waals surface area contributed by atoms with Crippen molar-refractivity contribution in [2.45, 2.75) is 23.8 Å². The quantitative estimate of drug-likeness (QED) is 0.234. The summed E-state index contributed by atoms with van der Waals surface area (Å²) in [6, 6.07) is 15.1. The number of rotatable bonds is 8. The Morgan fingerprint density at radius 2 is 1.98 bits per heavy atom. The van der Waals surface area contributed by atoms with Crippen LogP contribution in [0.3, 0.4) is 0 Å². The number of carbonyl (C=O) groups is 1. The minimum Gasteiger partial charge on any atom is -0.350 e. The second kappa shape index (κ2) is 12.0. The monoisotopic (exact) mass is 637 g/mol. The number of aromatic nitrogens is 4. The van der Waals surface area contributed by atoms with Crippen molar-refractivity contribution in [2.75, 3.05) is 32.6 Å². The Morgan fingerprint density at radius 3 is 2.77 bits per heavy atom. The number of piperidine rings is 1. The lowest BCUT2D eigenvalue weighted by molar-refractivity contribution is -0.0756. The van der Waals surface area contributed by atoms with E-state index in [2.05, 4.69) is 10.3 Å². The molecule has 43 heavy (non-hydrogen) atoms. The van der Waals surface area contributed by atoms with Crippen molar-refractivity contribution in [3.05, 3.63) is 83.0 Å². The van der Waals surface area contributed by atoms with E-state index in [0.29, 0.717) is 40.9 Å². The van der Waals surface area contributed by atoms with E-state index in [4.69, 9.17) is 26.4 Å². The summed E-state index contributed by atoms with van der Waals surface area (Å²) < 4.78 is 30.0. The van der Waals surface area contributed by atoms with Crippen molar-refractivity contribution in [1.29, 1.82) is 0 Å². The van der Waals surface area contributed by atoms with Gasteiger partial charge in [-0.15, -0.1) is 11.3 Å². The first kappa shape index (κ1) is 29.2. The average Bonchev–Trinajstić information content (AvgIpc) is 3.63. The standard InChI is InChI=1S/C29H28ClN7O4S2/c1-35(41-2)27(38)20-6-3-5-19(17-20)25-26(37-15-16-42-29(37)34-25)24-12-13-31-28(33-24)32-22-7-4-14-36(18-22)43(39,40)23-10-8-21(30)9-11-23/h3,5-6,8-13,15-17,22H,4,7,14,18H2,1-2H3,(H,31,32,33). The maximum absolute atomic E-state index is 13.3. The predicted molar refractivity (Wildman–Crippen MR) is 165 cm³/mol. The number of halogens is 1. The summed E-state index contributed by atoms with van der Waals surface area (Å²) in [4.78, 5) is 32.9.